The van der Waals surface area contributed by atoms with Crippen LogP contribution < -0.4 is 10.2 Å². The number of anilines is 2. The lowest BCUT2D eigenvalue weighted by Gasteiger charge is -2.27. The minimum Gasteiger partial charge on any atom is -0.378 e. The average Bonchev–Trinajstić information content (AvgIpc) is 2.81. The molecule has 30 heavy (non-hydrogen) atoms. The zero-order valence-corrected chi connectivity index (χ0v) is 17.6. The highest BCUT2D eigenvalue weighted by Gasteiger charge is 2.26. The molecule has 3 heterocycles. The topological polar surface area (TPSA) is 91.8 Å². The summed E-state index contributed by atoms with van der Waals surface area (Å²) in [5.41, 5.74) is 0.979. The van der Waals surface area contributed by atoms with Gasteiger partial charge in [-0.15, -0.1) is 0 Å². The van der Waals surface area contributed by atoms with Gasteiger partial charge in [0.05, 0.1) is 30.0 Å². The highest BCUT2D eigenvalue weighted by molar-refractivity contribution is 7.89. The molecule has 2 aromatic rings. The van der Waals surface area contributed by atoms with Gasteiger partial charge in [-0.2, -0.15) is 4.31 Å². The van der Waals surface area contributed by atoms with E-state index >= 15 is 0 Å². The average molecular weight is 431 g/mol. The van der Waals surface area contributed by atoms with Crippen LogP contribution in [0.3, 0.4) is 0 Å². The van der Waals surface area contributed by atoms with Crippen molar-refractivity contribution in [2.24, 2.45) is 0 Å². The lowest BCUT2D eigenvalue weighted by Crippen LogP contribution is -2.36. The maximum absolute atomic E-state index is 12.7. The van der Waals surface area contributed by atoms with E-state index in [4.69, 9.17) is 4.74 Å². The molecule has 1 N–H and O–H groups in total. The molecule has 0 unspecified atom stereocenters. The molecule has 0 saturated carbocycles. The van der Waals surface area contributed by atoms with E-state index in [9.17, 15) is 13.2 Å². The maximum Gasteiger partial charge on any atom is 0.255 e. The number of carbonyl (C=O) groups excluding carboxylic acids is 1. The Hall–Kier alpha value is -2.49. The van der Waals surface area contributed by atoms with Crippen molar-refractivity contribution in [2.45, 2.75) is 24.2 Å². The smallest absolute Gasteiger partial charge is 0.255 e. The van der Waals surface area contributed by atoms with Crippen molar-refractivity contribution >= 4 is 27.4 Å². The monoisotopic (exact) mass is 430 g/mol. The summed E-state index contributed by atoms with van der Waals surface area (Å²) in [6, 6.07) is 9.76. The first-order chi connectivity index (χ1) is 14.5. The fourth-order valence-electron chi connectivity index (χ4n) is 3.68. The predicted octanol–water partition coefficient (Wildman–Crippen LogP) is 2.35. The highest BCUT2D eigenvalue weighted by atomic mass is 32.2. The first-order valence-electron chi connectivity index (χ1n) is 10.2. The van der Waals surface area contributed by atoms with Crippen LogP contribution in [0.4, 0.5) is 11.5 Å². The number of sulfonamides is 1. The van der Waals surface area contributed by atoms with Crippen molar-refractivity contribution in [3.05, 3.63) is 48.2 Å². The largest absolute Gasteiger partial charge is 0.378 e. The molecule has 1 amide bonds. The number of morpholine rings is 1. The second-order valence-corrected chi connectivity index (χ2v) is 9.39. The van der Waals surface area contributed by atoms with Crippen molar-refractivity contribution in [1.29, 1.82) is 0 Å². The van der Waals surface area contributed by atoms with Crippen molar-refractivity contribution in [1.82, 2.24) is 9.29 Å². The Kier molecular flexibility index (Phi) is 6.31. The molecule has 2 fully saturated rings. The van der Waals surface area contributed by atoms with Gasteiger partial charge in [-0.05, 0) is 49.2 Å². The van der Waals surface area contributed by atoms with Crippen molar-refractivity contribution in [2.75, 3.05) is 49.6 Å². The Morgan fingerprint density at radius 2 is 1.63 bits per heavy atom. The second-order valence-electron chi connectivity index (χ2n) is 7.45. The van der Waals surface area contributed by atoms with Gasteiger partial charge in [0.25, 0.3) is 5.91 Å². The molecule has 0 bridgehead atoms. The number of ether oxygens (including phenoxy) is 1. The first-order valence-corrected chi connectivity index (χ1v) is 11.7. The molecule has 4 rings (SSSR count). The Morgan fingerprint density at radius 3 is 2.27 bits per heavy atom. The molecule has 2 saturated heterocycles. The first kappa shape index (κ1) is 20.8. The molecule has 0 aliphatic carbocycles. The van der Waals surface area contributed by atoms with Gasteiger partial charge in [-0.25, -0.2) is 13.4 Å². The number of hydrogen-bond acceptors (Lipinski definition) is 6. The molecule has 2 aliphatic heterocycles. The van der Waals surface area contributed by atoms with Gasteiger partial charge in [0.1, 0.15) is 5.82 Å². The quantitative estimate of drug-likeness (QED) is 0.783. The van der Waals surface area contributed by atoms with Gasteiger partial charge in [-0.1, -0.05) is 6.42 Å². The third kappa shape index (κ3) is 4.63. The molecule has 2 aliphatic rings. The van der Waals surface area contributed by atoms with Gasteiger partial charge in [0.15, 0.2) is 0 Å². The molecule has 1 aromatic heterocycles. The number of carbonyl (C=O) groups is 1. The predicted molar refractivity (Wildman–Crippen MR) is 114 cm³/mol. The molecule has 0 spiro atoms. The Bertz CT molecular complexity index is 965. The molecule has 160 valence electrons. The molecule has 9 heteroatoms. The Labute approximate surface area is 176 Å². The van der Waals surface area contributed by atoms with E-state index in [0.717, 1.165) is 38.2 Å². The van der Waals surface area contributed by atoms with E-state index in [-0.39, 0.29) is 10.8 Å². The van der Waals surface area contributed by atoms with E-state index in [1.165, 1.54) is 16.4 Å². The van der Waals surface area contributed by atoms with E-state index in [1.54, 1.807) is 18.3 Å². The van der Waals surface area contributed by atoms with Crippen LogP contribution in [0.25, 0.3) is 0 Å². The van der Waals surface area contributed by atoms with E-state index < -0.39 is 10.0 Å². The molecular weight excluding hydrogens is 404 g/mol. The molecule has 1 aromatic carbocycles. The fraction of sp³-hybridized carbons (Fsp3) is 0.429. The SMILES string of the molecule is O=C(Nc1ccc(N2CCOCC2)nc1)c1ccc(S(=O)(=O)N2CCCCC2)cc1. The third-order valence-electron chi connectivity index (χ3n) is 5.41. The number of rotatable bonds is 5. The van der Waals surface area contributed by atoms with Crippen molar-refractivity contribution in [3.63, 3.8) is 0 Å². The van der Waals surface area contributed by atoms with E-state index in [0.29, 0.717) is 37.6 Å². The number of nitrogens with zero attached hydrogens (tertiary/aromatic N) is 3. The van der Waals surface area contributed by atoms with E-state index in [2.05, 4.69) is 15.2 Å². The van der Waals surface area contributed by atoms with Gasteiger partial charge in [0.2, 0.25) is 10.0 Å². The van der Waals surface area contributed by atoms with Gasteiger partial charge < -0.3 is 15.0 Å². The standard InChI is InChI=1S/C21H26N4O4S/c26-21(23-18-6-9-20(22-16-18)24-12-14-29-15-13-24)17-4-7-19(8-5-17)30(27,28)25-10-2-1-3-11-25/h4-9,16H,1-3,10-15H2,(H,23,26). The number of aromatic nitrogens is 1. The van der Waals surface area contributed by atoms with E-state index in [1.807, 2.05) is 12.1 Å². The summed E-state index contributed by atoms with van der Waals surface area (Å²) in [6.07, 6.45) is 4.46. The normalized spacial score (nSPS) is 18.2. The molecule has 0 atom stereocenters. The zero-order chi connectivity index (χ0) is 21.0. The molecule has 8 nitrogen and oxygen atoms in total. The minimum absolute atomic E-state index is 0.220. The number of hydrogen-bond donors (Lipinski definition) is 1. The zero-order valence-electron chi connectivity index (χ0n) is 16.8. The number of pyridine rings is 1. The summed E-state index contributed by atoms with van der Waals surface area (Å²) in [5, 5.41) is 2.81. The summed E-state index contributed by atoms with van der Waals surface area (Å²) < 4.78 is 32.3. The van der Waals surface area contributed by atoms with Gasteiger partial charge in [0, 0.05) is 31.7 Å². The van der Waals surface area contributed by atoms with Crippen molar-refractivity contribution < 1.29 is 17.9 Å². The van der Waals surface area contributed by atoms with Crippen LogP contribution in [0.15, 0.2) is 47.5 Å². The maximum atomic E-state index is 12.7. The van der Waals surface area contributed by atoms with Crippen LogP contribution in [-0.4, -0.2) is 63.0 Å². The van der Waals surface area contributed by atoms with Gasteiger partial charge in [-0.3, -0.25) is 4.79 Å². The third-order valence-corrected chi connectivity index (χ3v) is 7.32. The van der Waals surface area contributed by atoms with Crippen LogP contribution in [0.1, 0.15) is 29.6 Å². The van der Waals surface area contributed by atoms with Crippen LogP contribution in [0.5, 0.6) is 0 Å². The fourth-order valence-corrected chi connectivity index (χ4v) is 5.19. The van der Waals surface area contributed by atoms with Gasteiger partial charge >= 0.3 is 0 Å². The summed E-state index contributed by atoms with van der Waals surface area (Å²) >= 11 is 0. The summed E-state index contributed by atoms with van der Waals surface area (Å²) in [5.74, 6) is 0.543. The van der Waals surface area contributed by atoms with Crippen molar-refractivity contribution in [3.8, 4) is 0 Å². The van der Waals surface area contributed by atoms with Crippen LogP contribution in [-0.2, 0) is 14.8 Å². The van der Waals surface area contributed by atoms with Crippen LogP contribution in [0, 0.1) is 0 Å². The summed E-state index contributed by atoms with van der Waals surface area (Å²) in [6.45, 7) is 4.07. The lowest BCUT2D eigenvalue weighted by atomic mass is 10.2. The number of benzene rings is 1. The lowest BCUT2D eigenvalue weighted by molar-refractivity contribution is 0.102. The van der Waals surface area contributed by atoms with Crippen LogP contribution in [0.2, 0.25) is 0 Å². The second kappa shape index (κ2) is 9.11. The number of amides is 1. The number of piperidine rings is 1. The molecular formula is C21H26N4O4S. The minimum atomic E-state index is -3.50. The highest BCUT2D eigenvalue weighted by Crippen LogP contribution is 2.21. The van der Waals surface area contributed by atoms with Crippen LogP contribution >= 0.6 is 0 Å². The Balaban J connectivity index is 1.40. The molecule has 0 radical (unpaired) electrons. The number of nitrogens with one attached hydrogen (secondary N) is 1. The Morgan fingerprint density at radius 1 is 0.933 bits per heavy atom. The summed E-state index contributed by atoms with van der Waals surface area (Å²) in [4.78, 5) is 19.3. The summed E-state index contributed by atoms with van der Waals surface area (Å²) in [7, 11) is -3.50.